The summed E-state index contributed by atoms with van der Waals surface area (Å²) in [6.07, 6.45) is 5.69. The molecule has 2 aliphatic heterocycles. The highest BCUT2D eigenvalue weighted by atomic mass is 16.2. The van der Waals surface area contributed by atoms with Crippen LogP contribution < -0.4 is 5.32 Å². The zero-order chi connectivity index (χ0) is 14.1. The van der Waals surface area contributed by atoms with Crippen LogP contribution in [0, 0.1) is 12.8 Å². The molecule has 2 fully saturated rings. The third kappa shape index (κ3) is 2.53. The molecule has 1 aromatic heterocycles. The van der Waals surface area contributed by atoms with E-state index < -0.39 is 0 Å². The Labute approximate surface area is 118 Å². The lowest BCUT2D eigenvalue weighted by Gasteiger charge is -2.41. The van der Waals surface area contributed by atoms with E-state index in [9.17, 15) is 9.59 Å². The van der Waals surface area contributed by atoms with E-state index in [2.05, 4.69) is 10.3 Å². The lowest BCUT2D eigenvalue weighted by atomic mass is 9.85. The van der Waals surface area contributed by atoms with E-state index in [1.807, 2.05) is 17.9 Å². The number of aryl methyl sites for hydroxylation is 1. The Morgan fingerprint density at radius 2 is 2.25 bits per heavy atom. The van der Waals surface area contributed by atoms with Gasteiger partial charge < -0.3 is 10.2 Å². The van der Waals surface area contributed by atoms with Crippen molar-refractivity contribution in [2.24, 2.45) is 5.92 Å². The van der Waals surface area contributed by atoms with E-state index >= 15 is 0 Å². The molecule has 0 saturated carbocycles. The van der Waals surface area contributed by atoms with Crippen molar-refractivity contribution in [3.63, 3.8) is 0 Å². The van der Waals surface area contributed by atoms with Crippen LogP contribution in [0.15, 0.2) is 18.5 Å². The Balaban J connectivity index is 1.70. The highest BCUT2D eigenvalue weighted by molar-refractivity contribution is 5.94. The second-order valence-electron chi connectivity index (χ2n) is 5.76. The van der Waals surface area contributed by atoms with Crippen molar-refractivity contribution in [2.45, 2.75) is 32.2 Å². The van der Waals surface area contributed by atoms with Gasteiger partial charge in [0.25, 0.3) is 5.91 Å². The van der Waals surface area contributed by atoms with Crippen LogP contribution in [0.2, 0.25) is 0 Å². The van der Waals surface area contributed by atoms with Crippen molar-refractivity contribution < 1.29 is 9.59 Å². The molecule has 0 bridgehead atoms. The second kappa shape index (κ2) is 5.23. The first kappa shape index (κ1) is 13.1. The van der Waals surface area contributed by atoms with Gasteiger partial charge in [-0.25, -0.2) is 0 Å². The van der Waals surface area contributed by atoms with Crippen molar-refractivity contribution in [1.82, 2.24) is 15.2 Å². The van der Waals surface area contributed by atoms with Crippen LogP contribution in [-0.2, 0) is 4.79 Å². The van der Waals surface area contributed by atoms with Gasteiger partial charge in [0.1, 0.15) is 0 Å². The number of carbonyl (C=O) groups excluding carboxylic acids is 2. The van der Waals surface area contributed by atoms with E-state index in [1.54, 1.807) is 12.4 Å². The molecule has 20 heavy (non-hydrogen) atoms. The third-order valence-electron chi connectivity index (χ3n) is 4.23. The lowest BCUT2D eigenvalue weighted by Crippen LogP contribution is -2.55. The number of fused-ring (bicyclic) bond motifs is 1. The lowest BCUT2D eigenvalue weighted by molar-refractivity contribution is -0.125. The summed E-state index contributed by atoms with van der Waals surface area (Å²) < 4.78 is 0. The maximum atomic E-state index is 12.5. The number of hydrogen-bond donors (Lipinski definition) is 1. The number of carbonyl (C=O) groups is 2. The maximum Gasteiger partial charge on any atom is 0.255 e. The van der Waals surface area contributed by atoms with Crippen LogP contribution in [0.4, 0.5) is 0 Å². The highest BCUT2D eigenvalue weighted by Crippen LogP contribution is 2.26. The minimum Gasteiger partial charge on any atom is -0.353 e. The third-order valence-corrected chi connectivity index (χ3v) is 4.23. The molecule has 0 aliphatic carbocycles. The number of rotatable bonds is 1. The fraction of sp³-hybridized carbons (Fsp3) is 0.533. The van der Waals surface area contributed by atoms with E-state index in [0.29, 0.717) is 24.4 Å². The van der Waals surface area contributed by atoms with Gasteiger partial charge in [0, 0.05) is 37.9 Å². The van der Waals surface area contributed by atoms with Crippen molar-refractivity contribution >= 4 is 11.8 Å². The van der Waals surface area contributed by atoms with Gasteiger partial charge in [-0.2, -0.15) is 0 Å². The summed E-state index contributed by atoms with van der Waals surface area (Å²) in [6, 6.07) is 2.13. The normalized spacial score (nSPS) is 25.9. The molecule has 2 saturated heterocycles. The topological polar surface area (TPSA) is 62.3 Å². The average Bonchev–Trinajstić information content (AvgIpc) is 2.46. The zero-order valence-electron chi connectivity index (χ0n) is 11.6. The first-order valence-electron chi connectivity index (χ1n) is 7.14. The Hall–Kier alpha value is -1.91. The summed E-state index contributed by atoms with van der Waals surface area (Å²) in [7, 11) is 0. The summed E-state index contributed by atoms with van der Waals surface area (Å²) in [5, 5.41) is 3.04. The van der Waals surface area contributed by atoms with Crippen LogP contribution in [0.5, 0.6) is 0 Å². The standard InChI is InChI=1S/C15H19N3O2/c1-10-6-12(8-16-7-10)15(20)18-5-4-13-11(9-18)2-3-14(19)17-13/h6-8,11,13H,2-5,9H2,1H3,(H,17,19). The molecule has 1 aromatic rings. The molecule has 106 valence electrons. The zero-order valence-corrected chi connectivity index (χ0v) is 11.6. The van der Waals surface area contributed by atoms with Crippen molar-refractivity contribution in [1.29, 1.82) is 0 Å². The Morgan fingerprint density at radius 1 is 1.40 bits per heavy atom. The molecule has 0 spiro atoms. The maximum absolute atomic E-state index is 12.5. The van der Waals surface area contributed by atoms with Crippen LogP contribution in [0.1, 0.15) is 35.2 Å². The van der Waals surface area contributed by atoms with Gasteiger partial charge in [-0.05, 0) is 37.3 Å². The van der Waals surface area contributed by atoms with Crippen molar-refractivity contribution in [2.75, 3.05) is 13.1 Å². The Kier molecular flexibility index (Phi) is 3.42. The number of amides is 2. The molecule has 1 N–H and O–H groups in total. The molecule has 3 rings (SSSR count). The number of nitrogens with one attached hydrogen (secondary N) is 1. The van der Waals surface area contributed by atoms with Gasteiger partial charge >= 0.3 is 0 Å². The minimum atomic E-state index is 0.0524. The average molecular weight is 273 g/mol. The van der Waals surface area contributed by atoms with E-state index in [0.717, 1.165) is 24.9 Å². The molecule has 3 heterocycles. The van der Waals surface area contributed by atoms with Gasteiger partial charge in [-0.1, -0.05) is 0 Å². The first-order valence-corrected chi connectivity index (χ1v) is 7.14. The predicted octanol–water partition coefficient (Wildman–Crippen LogP) is 1.13. The summed E-state index contributed by atoms with van der Waals surface area (Å²) >= 11 is 0. The second-order valence-corrected chi connectivity index (χ2v) is 5.76. The van der Waals surface area contributed by atoms with Crippen molar-refractivity contribution in [3.8, 4) is 0 Å². The molecular weight excluding hydrogens is 254 g/mol. The SMILES string of the molecule is Cc1cncc(C(=O)N2CCC3NC(=O)CCC3C2)c1. The van der Waals surface area contributed by atoms with Crippen molar-refractivity contribution in [3.05, 3.63) is 29.6 Å². The molecule has 0 radical (unpaired) electrons. The molecular formula is C15H19N3O2. The molecule has 5 heteroatoms. The Morgan fingerprint density at radius 3 is 3.05 bits per heavy atom. The van der Waals surface area contributed by atoms with E-state index in [4.69, 9.17) is 0 Å². The summed E-state index contributed by atoms with van der Waals surface area (Å²) in [5.41, 5.74) is 1.65. The molecule has 0 aromatic carbocycles. The number of pyridine rings is 1. The van der Waals surface area contributed by atoms with Gasteiger partial charge in [0.15, 0.2) is 0 Å². The highest BCUT2D eigenvalue weighted by Gasteiger charge is 2.35. The largest absolute Gasteiger partial charge is 0.353 e. The molecule has 2 amide bonds. The van der Waals surface area contributed by atoms with Crippen LogP contribution in [-0.4, -0.2) is 40.8 Å². The quantitative estimate of drug-likeness (QED) is 0.834. The first-order chi connectivity index (χ1) is 9.63. The number of nitrogens with zero attached hydrogens (tertiary/aromatic N) is 2. The van der Waals surface area contributed by atoms with Gasteiger partial charge in [-0.15, -0.1) is 0 Å². The molecule has 5 nitrogen and oxygen atoms in total. The monoisotopic (exact) mass is 273 g/mol. The fourth-order valence-corrected chi connectivity index (χ4v) is 3.15. The number of piperidine rings is 2. The minimum absolute atomic E-state index is 0.0524. The van der Waals surface area contributed by atoms with Gasteiger partial charge in [-0.3, -0.25) is 14.6 Å². The van der Waals surface area contributed by atoms with Crippen LogP contribution in [0.25, 0.3) is 0 Å². The van der Waals surface area contributed by atoms with Gasteiger partial charge in [0.05, 0.1) is 5.56 Å². The van der Waals surface area contributed by atoms with Gasteiger partial charge in [0.2, 0.25) is 5.91 Å². The Bertz CT molecular complexity index is 544. The van der Waals surface area contributed by atoms with E-state index in [-0.39, 0.29) is 17.9 Å². The smallest absolute Gasteiger partial charge is 0.255 e. The number of likely N-dealkylation sites (tertiary alicyclic amines) is 1. The fourth-order valence-electron chi connectivity index (χ4n) is 3.15. The molecule has 2 unspecified atom stereocenters. The number of aromatic nitrogens is 1. The number of hydrogen-bond acceptors (Lipinski definition) is 3. The van der Waals surface area contributed by atoms with Crippen LogP contribution in [0.3, 0.4) is 0 Å². The van der Waals surface area contributed by atoms with E-state index in [1.165, 1.54) is 0 Å². The molecule has 2 atom stereocenters. The predicted molar refractivity (Wildman–Crippen MR) is 74.1 cm³/mol. The summed E-state index contributed by atoms with van der Waals surface area (Å²) in [4.78, 5) is 29.9. The summed E-state index contributed by atoms with van der Waals surface area (Å²) in [5.74, 6) is 0.591. The summed E-state index contributed by atoms with van der Waals surface area (Å²) in [6.45, 7) is 3.37. The van der Waals surface area contributed by atoms with Crippen LogP contribution >= 0.6 is 0 Å². The molecule has 2 aliphatic rings.